The second kappa shape index (κ2) is 7.55. The van der Waals surface area contributed by atoms with E-state index in [4.69, 9.17) is 11.0 Å². The molecule has 0 aliphatic carbocycles. The van der Waals surface area contributed by atoms with Crippen molar-refractivity contribution in [2.24, 2.45) is 11.7 Å². The summed E-state index contributed by atoms with van der Waals surface area (Å²) in [6.07, 6.45) is 1.68. The molecule has 1 atom stereocenters. The Bertz CT molecular complexity index is 465. The lowest BCUT2D eigenvalue weighted by Crippen LogP contribution is -2.31. The molecule has 0 bridgehead atoms. The van der Waals surface area contributed by atoms with Crippen LogP contribution in [0.1, 0.15) is 30.9 Å². The monoisotopic (exact) mass is 259 g/mol. The molecule has 0 saturated heterocycles. The van der Waals surface area contributed by atoms with E-state index in [0.717, 1.165) is 18.4 Å². The fourth-order valence-electron chi connectivity index (χ4n) is 2.01. The Kier molecular flexibility index (Phi) is 6.04. The molecule has 0 heterocycles. The molecule has 1 aromatic rings. The topological polar surface area (TPSA) is 70.1 Å². The first kappa shape index (κ1) is 15.2. The van der Waals surface area contributed by atoms with E-state index in [1.165, 1.54) is 0 Å². The zero-order chi connectivity index (χ0) is 14.3. The number of carbonyl (C=O) groups excluding carboxylic acids is 1. The van der Waals surface area contributed by atoms with Crippen LogP contribution in [0.25, 0.3) is 0 Å². The molecule has 1 aromatic carbocycles. The van der Waals surface area contributed by atoms with Gasteiger partial charge in [0.25, 0.3) is 0 Å². The van der Waals surface area contributed by atoms with E-state index >= 15 is 0 Å². The predicted molar refractivity (Wildman–Crippen MR) is 75.1 cm³/mol. The van der Waals surface area contributed by atoms with Gasteiger partial charge in [-0.25, -0.2) is 0 Å². The van der Waals surface area contributed by atoms with Crippen molar-refractivity contribution in [3.8, 4) is 6.07 Å². The number of hydrogen-bond donors (Lipinski definition) is 1. The molecule has 0 aliphatic heterocycles. The van der Waals surface area contributed by atoms with Gasteiger partial charge in [-0.1, -0.05) is 19.1 Å². The number of nitriles is 1. The van der Waals surface area contributed by atoms with E-state index in [-0.39, 0.29) is 11.8 Å². The molecule has 0 fully saturated rings. The molecule has 0 aliphatic rings. The SMILES string of the molecule is CC(CCCN)C(=O)N(C)Cc1cccc(C#N)c1. The Morgan fingerprint density at radius 1 is 1.53 bits per heavy atom. The molecule has 0 spiro atoms. The number of nitrogens with two attached hydrogens (primary N) is 1. The average molecular weight is 259 g/mol. The van der Waals surface area contributed by atoms with Crippen LogP contribution in [0.3, 0.4) is 0 Å². The van der Waals surface area contributed by atoms with Gasteiger partial charge in [0.1, 0.15) is 0 Å². The van der Waals surface area contributed by atoms with Crippen LogP contribution in [-0.2, 0) is 11.3 Å². The van der Waals surface area contributed by atoms with Crippen molar-refractivity contribution in [2.75, 3.05) is 13.6 Å². The minimum absolute atomic E-state index is 0.00676. The predicted octanol–water partition coefficient (Wildman–Crippen LogP) is 1.89. The molecule has 0 aromatic heterocycles. The van der Waals surface area contributed by atoms with Gasteiger partial charge in [0.15, 0.2) is 0 Å². The summed E-state index contributed by atoms with van der Waals surface area (Å²) < 4.78 is 0. The molecule has 1 unspecified atom stereocenters. The van der Waals surface area contributed by atoms with Crippen molar-refractivity contribution >= 4 is 5.91 Å². The minimum Gasteiger partial charge on any atom is -0.341 e. The van der Waals surface area contributed by atoms with Crippen molar-refractivity contribution in [2.45, 2.75) is 26.3 Å². The van der Waals surface area contributed by atoms with Crippen LogP contribution >= 0.6 is 0 Å². The Balaban J connectivity index is 2.60. The zero-order valence-corrected chi connectivity index (χ0v) is 11.6. The Hall–Kier alpha value is -1.86. The second-order valence-electron chi connectivity index (χ2n) is 4.84. The van der Waals surface area contributed by atoms with Gasteiger partial charge in [-0.15, -0.1) is 0 Å². The van der Waals surface area contributed by atoms with E-state index in [0.29, 0.717) is 18.7 Å². The lowest BCUT2D eigenvalue weighted by atomic mass is 10.0. The van der Waals surface area contributed by atoms with Crippen LogP contribution in [0.5, 0.6) is 0 Å². The summed E-state index contributed by atoms with van der Waals surface area (Å²) in [4.78, 5) is 13.8. The van der Waals surface area contributed by atoms with Crippen molar-refractivity contribution in [1.82, 2.24) is 4.90 Å². The molecule has 2 N–H and O–H groups in total. The maximum Gasteiger partial charge on any atom is 0.225 e. The molecule has 1 rings (SSSR count). The van der Waals surface area contributed by atoms with Crippen molar-refractivity contribution in [1.29, 1.82) is 5.26 Å². The molecule has 1 amide bonds. The van der Waals surface area contributed by atoms with Gasteiger partial charge in [-0.3, -0.25) is 4.79 Å². The number of hydrogen-bond acceptors (Lipinski definition) is 3. The number of nitrogens with zero attached hydrogens (tertiary/aromatic N) is 2. The molecule has 102 valence electrons. The quantitative estimate of drug-likeness (QED) is 0.848. The number of rotatable bonds is 6. The highest BCUT2D eigenvalue weighted by atomic mass is 16.2. The van der Waals surface area contributed by atoms with Crippen LogP contribution in [0.15, 0.2) is 24.3 Å². The first-order valence-electron chi connectivity index (χ1n) is 6.52. The maximum absolute atomic E-state index is 12.1. The summed E-state index contributed by atoms with van der Waals surface area (Å²) in [5.41, 5.74) is 7.05. The van der Waals surface area contributed by atoms with Crippen molar-refractivity contribution in [3.05, 3.63) is 35.4 Å². The fraction of sp³-hybridized carbons (Fsp3) is 0.467. The van der Waals surface area contributed by atoms with Gasteiger partial charge in [0.2, 0.25) is 5.91 Å². The summed E-state index contributed by atoms with van der Waals surface area (Å²) in [5, 5.41) is 8.85. The van der Waals surface area contributed by atoms with Gasteiger partial charge >= 0.3 is 0 Å². The molecule has 4 heteroatoms. The molecular formula is C15H21N3O. The van der Waals surface area contributed by atoms with Crippen LogP contribution < -0.4 is 5.73 Å². The Labute approximate surface area is 114 Å². The molecule has 0 radical (unpaired) electrons. The highest BCUT2D eigenvalue weighted by Gasteiger charge is 2.17. The first-order valence-corrected chi connectivity index (χ1v) is 6.52. The highest BCUT2D eigenvalue weighted by molar-refractivity contribution is 5.78. The van der Waals surface area contributed by atoms with Crippen LogP contribution in [-0.4, -0.2) is 24.4 Å². The fourth-order valence-corrected chi connectivity index (χ4v) is 2.01. The van der Waals surface area contributed by atoms with Gasteiger partial charge in [0.05, 0.1) is 11.6 Å². The minimum atomic E-state index is -0.00676. The van der Waals surface area contributed by atoms with E-state index in [1.54, 1.807) is 18.0 Å². The third-order valence-corrected chi connectivity index (χ3v) is 3.11. The molecule has 19 heavy (non-hydrogen) atoms. The number of benzene rings is 1. The third-order valence-electron chi connectivity index (χ3n) is 3.11. The summed E-state index contributed by atoms with van der Waals surface area (Å²) in [6.45, 7) is 3.08. The van der Waals surface area contributed by atoms with E-state index < -0.39 is 0 Å². The van der Waals surface area contributed by atoms with E-state index in [1.807, 2.05) is 25.1 Å². The molecule has 4 nitrogen and oxygen atoms in total. The van der Waals surface area contributed by atoms with E-state index in [9.17, 15) is 4.79 Å². The second-order valence-corrected chi connectivity index (χ2v) is 4.84. The lowest BCUT2D eigenvalue weighted by Gasteiger charge is -2.21. The first-order chi connectivity index (χ1) is 9.08. The van der Waals surface area contributed by atoms with Crippen LogP contribution in [0, 0.1) is 17.2 Å². The third kappa shape index (κ3) is 4.72. The van der Waals surface area contributed by atoms with Gasteiger partial charge in [0, 0.05) is 19.5 Å². The largest absolute Gasteiger partial charge is 0.341 e. The van der Waals surface area contributed by atoms with Crippen LogP contribution in [0.2, 0.25) is 0 Å². The summed E-state index contributed by atoms with van der Waals surface area (Å²) in [5.74, 6) is 0.114. The normalized spacial score (nSPS) is 11.7. The van der Waals surface area contributed by atoms with Crippen molar-refractivity contribution in [3.63, 3.8) is 0 Å². The Morgan fingerprint density at radius 3 is 2.89 bits per heavy atom. The van der Waals surface area contributed by atoms with E-state index in [2.05, 4.69) is 6.07 Å². The van der Waals surface area contributed by atoms with Gasteiger partial charge in [-0.2, -0.15) is 5.26 Å². The summed E-state index contributed by atoms with van der Waals surface area (Å²) >= 11 is 0. The maximum atomic E-state index is 12.1. The summed E-state index contributed by atoms with van der Waals surface area (Å²) in [7, 11) is 1.79. The van der Waals surface area contributed by atoms with Gasteiger partial charge in [-0.05, 0) is 37.1 Å². The molecule has 0 saturated carbocycles. The highest BCUT2D eigenvalue weighted by Crippen LogP contribution is 2.12. The zero-order valence-electron chi connectivity index (χ0n) is 11.6. The van der Waals surface area contributed by atoms with Crippen molar-refractivity contribution < 1.29 is 4.79 Å². The number of carbonyl (C=O) groups is 1. The average Bonchev–Trinajstić information content (AvgIpc) is 2.43. The Morgan fingerprint density at radius 2 is 2.26 bits per heavy atom. The molecular weight excluding hydrogens is 238 g/mol. The summed E-state index contributed by atoms with van der Waals surface area (Å²) in [6, 6.07) is 9.44. The number of amides is 1. The lowest BCUT2D eigenvalue weighted by molar-refractivity contribution is -0.134. The van der Waals surface area contributed by atoms with Gasteiger partial charge < -0.3 is 10.6 Å². The standard InChI is InChI=1S/C15H21N3O/c1-12(5-4-8-16)15(19)18(2)11-14-7-3-6-13(9-14)10-17/h3,6-7,9,12H,4-5,8,11,16H2,1-2H3. The smallest absolute Gasteiger partial charge is 0.225 e. The van der Waals surface area contributed by atoms with Crippen LogP contribution in [0.4, 0.5) is 0 Å².